The molecule has 2 aromatic rings. The normalized spacial score (nSPS) is 10.8. The van der Waals surface area contributed by atoms with E-state index < -0.39 is 0 Å². The maximum Gasteiger partial charge on any atom is 0.237 e. The summed E-state index contributed by atoms with van der Waals surface area (Å²) in [4.78, 5) is 5.23. The Bertz CT molecular complexity index is 393. The van der Waals surface area contributed by atoms with Crippen LogP contribution in [0.1, 0.15) is 5.69 Å². The van der Waals surface area contributed by atoms with Gasteiger partial charge in [-0.15, -0.1) is 11.3 Å². The van der Waals surface area contributed by atoms with Gasteiger partial charge < -0.3 is 4.74 Å². The summed E-state index contributed by atoms with van der Waals surface area (Å²) >= 11 is 5.81. The van der Waals surface area contributed by atoms with Gasteiger partial charge in [0, 0.05) is 17.3 Å². The van der Waals surface area contributed by atoms with Crippen molar-refractivity contribution in [2.75, 3.05) is 7.11 Å². The van der Waals surface area contributed by atoms with E-state index in [1.54, 1.807) is 18.4 Å². The number of thiazole rings is 1. The highest BCUT2D eigenvalue weighted by Gasteiger charge is 2.10. The van der Waals surface area contributed by atoms with Gasteiger partial charge in [-0.3, -0.25) is 4.40 Å². The highest BCUT2D eigenvalue weighted by Crippen LogP contribution is 2.23. The van der Waals surface area contributed by atoms with E-state index in [0.717, 1.165) is 10.7 Å². The third-order valence-electron chi connectivity index (χ3n) is 1.67. The zero-order chi connectivity index (χ0) is 8.55. The van der Waals surface area contributed by atoms with Gasteiger partial charge in [-0.1, -0.05) is 0 Å². The number of methoxy groups -OCH3 is 1. The summed E-state index contributed by atoms with van der Waals surface area (Å²) in [7, 11) is 1.62. The highest BCUT2D eigenvalue weighted by molar-refractivity contribution is 7.79. The number of hydrogen-bond donors (Lipinski definition) is 1. The molecule has 0 aromatic carbocycles. The maximum atomic E-state index is 5.11. The number of ether oxygens (including phenoxy) is 1. The Hall–Kier alpha value is -0.680. The van der Waals surface area contributed by atoms with Crippen LogP contribution in [0, 0.1) is 0 Å². The van der Waals surface area contributed by atoms with Crippen molar-refractivity contribution in [3.05, 3.63) is 17.3 Å². The molecule has 0 spiro atoms. The van der Waals surface area contributed by atoms with Crippen molar-refractivity contribution in [3.8, 4) is 5.88 Å². The maximum absolute atomic E-state index is 5.11. The Labute approximate surface area is 79.4 Å². The van der Waals surface area contributed by atoms with Gasteiger partial charge in [-0.2, -0.15) is 17.6 Å². The molecule has 0 N–H and O–H groups in total. The lowest BCUT2D eigenvalue weighted by molar-refractivity contribution is 0.397. The first kappa shape index (κ1) is 7.94. The van der Waals surface area contributed by atoms with Crippen molar-refractivity contribution in [1.82, 2.24) is 9.38 Å². The first-order valence-corrected chi connectivity index (χ1v) is 4.97. The number of nitrogens with zero attached hydrogens (tertiary/aromatic N) is 2. The molecule has 12 heavy (non-hydrogen) atoms. The van der Waals surface area contributed by atoms with E-state index in [2.05, 4.69) is 17.6 Å². The van der Waals surface area contributed by atoms with Crippen LogP contribution in [0.2, 0.25) is 0 Å². The number of rotatable bonds is 2. The van der Waals surface area contributed by atoms with Crippen molar-refractivity contribution >= 4 is 28.9 Å². The summed E-state index contributed by atoms with van der Waals surface area (Å²) in [6.45, 7) is 0. The Morgan fingerprint density at radius 1 is 1.75 bits per heavy atom. The van der Waals surface area contributed by atoms with Crippen LogP contribution in [0.3, 0.4) is 0 Å². The van der Waals surface area contributed by atoms with E-state index in [4.69, 9.17) is 4.74 Å². The van der Waals surface area contributed by atoms with E-state index >= 15 is 0 Å². The molecular formula is C7H8N2OS2. The minimum atomic E-state index is 0.640. The molecule has 5 heteroatoms. The zero-order valence-corrected chi connectivity index (χ0v) is 8.23. The molecule has 3 nitrogen and oxygen atoms in total. The third-order valence-corrected chi connectivity index (χ3v) is 2.72. The van der Waals surface area contributed by atoms with Crippen LogP contribution in [-0.4, -0.2) is 16.5 Å². The molecule has 2 heterocycles. The molecule has 0 aliphatic carbocycles. The minimum absolute atomic E-state index is 0.640. The molecule has 0 radical (unpaired) electrons. The lowest BCUT2D eigenvalue weighted by Crippen LogP contribution is -1.89. The first-order chi connectivity index (χ1) is 5.86. The van der Waals surface area contributed by atoms with E-state index in [-0.39, 0.29) is 0 Å². The minimum Gasteiger partial charge on any atom is -0.480 e. The van der Waals surface area contributed by atoms with Gasteiger partial charge in [0.2, 0.25) is 5.88 Å². The molecule has 0 saturated carbocycles. The van der Waals surface area contributed by atoms with Crippen LogP contribution >= 0.6 is 24.0 Å². The van der Waals surface area contributed by atoms with Gasteiger partial charge in [0.25, 0.3) is 0 Å². The van der Waals surface area contributed by atoms with Crippen molar-refractivity contribution in [1.29, 1.82) is 0 Å². The predicted octanol–water partition coefficient (Wildman–Crippen LogP) is 1.83. The number of hydrogen-bond acceptors (Lipinski definition) is 4. The monoisotopic (exact) mass is 200 g/mol. The second-order valence-corrected chi connectivity index (χ2v) is 3.47. The Kier molecular flexibility index (Phi) is 1.98. The van der Waals surface area contributed by atoms with Gasteiger partial charge in [0.05, 0.1) is 12.8 Å². The van der Waals surface area contributed by atoms with E-state index in [0.29, 0.717) is 11.6 Å². The number of imidazole rings is 1. The summed E-state index contributed by atoms with van der Waals surface area (Å²) in [6, 6.07) is 0. The molecule has 0 fully saturated rings. The van der Waals surface area contributed by atoms with Crippen LogP contribution in [-0.2, 0) is 5.75 Å². The summed E-state index contributed by atoms with van der Waals surface area (Å²) in [6.07, 6.45) is 1.97. The lowest BCUT2D eigenvalue weighted by Gasteiger charge is -1.96. The van der Waals surface area contributed by atoms with Crippen LogP contribution in [0.5, 0.6) is 5.88 Å². The quantitative estimate of drug-likeness (QED) is 0.749. The van der Waals surface area contributed by atoms with Crippen molar-refractivity contribution in [3.63, 3.8) is 0 Å². The topological polar surface area (TPSA) is 26.5 Å². The van der Waals surface area contributed by atoms with E-state index in [1.807, 2.05) is 16.0 Å². The van der Waals surface area contributed by atoms with Gasteiger partial charge in [0.15, 0.2) is 4.96 Å². The fraction of sp³-hybridized carbons (Fsp3) is 0.286. The molecule has 0 aliphatic heterocycles. The molecule has 0 bridgehead atoms. The zero-order valence-electron chi connectivity index (χ0n) is 6.52. The summed E-state index contributed by atoms with van der Waals surface area (Å²) in [5.74, 6) is 1.32. The largest absolute Gasteiger partial charge is 0.480 e. The molecule has 0 amide bonds. The van der Waals surface area contributed by atoms with E-state index in [9.17, 15) is 0 Å². The molecule has 0 unspecified atom stereocenters. The first-order valence-electron chi connectivity index (χ1n) is 3.46. The number of fused-ring (bicyclic) bond motifs is 1. The fourth-order valence-corrected chi connectivity index (χ4v) is 2.13. The second kappa shape index (κ2) is 2.99. The SMILES string of the molecule is COc1nc2sccn2c1CS. The second-order valence-electron chi connectivity index (χ2n) is 2.28. The lowest BCUT2D eigenvalue weighted by atomic mass is 10.5. The molecular weight excluding hydrogens is 192 g/mol. The van der Waals surface area contributed by atoms with Crippen LogP contribution in [0.4, 0.5) is 0 Å². The van der Waals surface area contributed by atoms with Crippen molar-refractivity contribution in [2.45, 2.75) is 5.75 Å². The molecule has 0 saturated heterocycles. The van der Waals surface area contributed by atoms with Crippen LogP contribution in [0.25, 0.3) is 4.96 Å². The molecule has 0 aliphatic rings. The smallest absolute Gasteiger partial charge is 0.237 e. The van der Waals surface area contributed by atoms with Crippen molar-refractivity contribution in [2.24, 2.45) is 0 Å². The molecule has 2 rings (SSSR count). The highest BCUT2D eigenvalue weighted by atomic mass is 32.1. The van der Waals surface area contributed by atoms with E-state index in [1.165, 1.54) is 0 Å². The summed E-state index contributed by atoms with van der Waals surface area (Å²) in [5.41, 5.74) is 1.01. The number of aromatic nitrogens is 2. The van der Waals surface area contributed by atoms with Gasteiger partial charge in [0.1, 0.15) is 0 Å². The fourth-order valence-electron chi connectivity index (χ4n) is 1.12. The van der Waals surface area contributed by atoms with Crippen molar-refractivity contribution < 1.29 is 4.74 Å². The van der Waals surface area contributed by atoms with Crippen LogP contribution in [0.15, 0.2) is 11.6 Å². The molecule has 0 atom stereocenters. The Morgan fingerprint density at radius 2 is 2.58 bits per heavy atom. The standard InChI is InChI=1S/C7H8N2OS2/c1-10-6-5(4-11)9-2-3-12-7(9)8-6/h2-3,11H,4H2,1H3. The summed E-state index contributed by atoms with van der Waals surface area (Å²) in [5, 5.41) is 1.99. The van der Waals surface area contributed by atoms with Gasteiger partial charge in [-0.25, -0.2) is 0 Å². The predicted molar refractivity (Wildman–Crippen MR) is 52.3 cm³/mol. The number of thiol groups is 1. The average molecular weight is 200 g/mol. The van der Waals surface area contributed by atoms with Crippen LogP contribution < -0.4 is 4.74 Å². The van der Waals surface area contributed by atoms with Gasteiger partial charge in [-0.05, 0) is 0 Å². The Balaban J connectivity index is 2.70. The Morgan fingerprint density at radius 3 is 3.25 bits per heavy atom. The average Bonchev–Trinajstić information content (AvgIpc) is 2.61. The summed E-state index contributed by atoms with van der Waals surface area (Å²) < 4.78 is 7.10. The van der Waals surface area contributed by atoms with Gasteiger partial charge >= 0.3 is 0 Å². The third kappa shape index (κ3) is 1.01. The molecule has 2 aromatic heterocycles. The molecule has 64 valence electrons.